The van der Waals surface area contributed by atoms with E-state index >= 15 is 0 Å². The molecule has 0 spiro atoms. The molecule has 1 aliphatic heterocycles. The zero-order valence-corrected chi connectivity index (χ0v) is 14.7. The number of rotatable bonds is 4. The van der Waals surface area contributed by atoms with Crippen LogP contribution >= 0.6 is 0 Å². The minimum atomic E-state index is -0.486. The first kappa shape index (κ1) is 17.7. The van der Waals surface area contributed by atoms with Crippen molar-refractivity contribution in [3.8, 4) is 0 Å². The maximum Gasteiger partial charge on any atom is 0.337 e. The predicted molar refractivity (Wildman–Crippen MR) is 98.1 cm³/mol. The molecule has 1 heterocycles. The fourth-order valence-corrected chi connectivity index (χ4v) is 3.22. The summed E-state index contributed by atoms with van der Waals surface area (Å²) >= 11 is 0. The van der Waals surface area contributed by atoms with Gasteiger partial charge in [0.1, 0.15) is 6.42 Å². The fourth-order valence-electron chi connectivity index (χ4n) is 3.22. The molecule has 1 N–H and O–H groups in total. The number of amides is 2. The maximum absolute atomic E-state index is 12.6. The molecule has 0 radical (unpaired) electrons. The number of benzene rings is 2. The first-order valence-electron chi connectivity index (χ1n) is 8.38. The second-order valence-corrected chi connectivity index (χ2v) is 6.24. The zero-order valence-electron chi connectivity index (χ0n) is 14.7. The molecular formula is C20H20N2O4. The SMILES string of the molecule is COC(=O)c1cccc(NC(=O)CC(=O)N2c3ccccc3CC2C)c1. The molecule has 3 rings (SSSR count). The number of methoxy groups -OCH3 is 1. The van der Waals surface area contributed by atoms with E-state index in [1.165, 1.54) is 13.2 Å². The minimum Gasteiger partial charge on any atom is -0.465 e. The van der Waals surface area contributed by atoms with Crippen molar-refractivity contribution in [1.29, 1.82) is 0 Å². The van der Waals surface area contributed by atoms with Crippen molar-refractivity contribution < 1.29 is 19.1 Å². The highest BCUT2D eigenvalue weighted by molar-refractivity contribution is 6.10. The Labute approximate surface area is 151 Å². The summed E-state index contributed by atoms with van der Waals surface area (Å²) in [6.07, 6.45) is 0.520. The molecule has 0 fully saturated rings. The predicted octanol–water partition coefficient (Wildman–Crippen LogP) is 2.78. The highest BCUT2D eigenvalue weighted by Crippen LogP contribution is 2.32. The lowest BCUT2D eigenvalue weighted by Crippen LogP contribution is -2.37. The molecule has 0 bridgehead atoms. The minimum absolute atomic E-state index is 0.0235. The van der Waals surface area contributed by atoms with E-state index < -0.39 is 11.9 Å². The maximum atomic E-state index is 12.6. The molecule has 1 aliphatic rings. The van der Waals surface area contributed by atoms with Crippen molar-refractivity contribution in [3.05, 3.63) is 59.7 Å². The number of anilines is 2. The van der Waals surface area contributed by atoms with Crippen LogP contribution in [0.2, 0.25) is 0 Å². The summed E-state index contributed by atoms with van der Waals surface area (Å²) in [5.41, 5.74) is 2.75. The number of fused-ring (bicyclic) bond motifs is 1. The van der Waals surface area contributed by atoms with Gasteiger partial charge in [-0.25, -0.2) is 4.79 Å². The monoisotopic (exact) mass is 352 g/mol. The molecule has 26 heavy (non-hydrogen) atoms. The molecule has 2 aromatic carbocycles. The highest BCUT2D eigenvalue weighted by atomic mass is 16.5. The van der Waals surface area contributed by atoms with Crippen LogP contribution in [0.3, 0.4) is 0 Å². The number of esters is 1. The van der Waals surface area contributed by atoms with Gasteiger partial charge < -0.3 is 15.0 Å². The molecule has 134 valence electrons. The van der Waals surface area contributed by atoms with Crippen LogP contribution in [-0.4, -0.2) is 30.9 Å². The summed E-state index contributed by atoms with van der Waals surface area (Å²) in [7, 11) is 1.29. The van der Waals surface area contributed by atoms with Crippen molar-refractivity contribution in [3.63, 3.8) is 0 Å². The molecule has 0 saturated heterocycles. The summed E-state index contributed by atoms with van der Waals surface area (Å²) in [6.45, 7) is 1.97. The van der Waals surface area contributed by atoms with E-state index in [0.717, 1.165) is 17.7 Å². The molecule has 0 aromatic heterocycles. The second-order valence-electron chi connectivity index (χ2n) is 6.24. The number of carbonyl (C=O) groups is 3. The zero-order chi connectivity index (χ0) is 18.7. The first-order valence-corrected chi connectivity index (χ1v) is 8.38. The Hall–Kier alpha value is -3.15. The average molecular weight is 352 g/mol. The lowest BCUT2D eigenvalue weighted by molar-refractivity contribution is -0.125. The number of carbonyl (C=O) groups excluding carboxylic acids is 3. The Morgan fingerprint density at radius 3 is 2.69 bits per heavy atom. The first-order chi connectivity index (χ1) is 12.5. The normalized spacial score (nSPS) is 15.3. The molecule has 2 aromatic rings. The van der Waals surface area contributed by atoms with Crippen LogP contribution < -0.4 is 10.2 Å². The molecule has 0 saturated carbocycles. The van der Waals surface area contributed by atoms with E-state index in [4.69, 9.17) is 0 Å². The van der Waals surface area contributed by atoms with Crippen LogP contribution in [0.15, 0.2) is 48.5 Å². The van der Waals surface area contributed by atoms with Gasteiger partial charge in [0.25, 0.3) is 0 Å². The second kappa shape index (κ2) is 7.39. The van der Waals surface area contributed by atoms with Gasteiger partial charge in [-0.2, -0.15) is 0 Å². The number of para-hydroxylation sites is 1. The van der Waals surface area contributed by atoms with Gasteiger partial charge in [-0.15, -0.1) is 0 Å². The molecular weight excluding hydrogens is 332 g/mol. The van der Waals surface area contributed by atoms with Gasteiger partial charge in [-0.05, 0) is 43.2 Å². The van der Waals surface area contributed by atoms with E-state index in [1.807, 2.05) is 31.2 Å². The van der Waals surface area contributed by atoms with Crippen molar-refractivity contribution in [1.82, 2.24) is 0 Å². The van der Waals surface area contributed by atoms with E-state index in [1.54, 1.807) is 23.1 Å². The Kier molecular flexibility index (Phi) is 5.02. The van der Waals surface area contributed by atoms with Crippen LogP contribution in [0, 0.1) is 0 Å². The van der Waals surface area contributed by atoms with E-state index in [2.05, 4.69) is 10.1 Å². The Bertz CT molecular complexity index is 862. The summed E-state index contributed by atoms with van der Waals surface area (Å²) in [4.78, 5) is 38.1. The largest absolute Gasteiger partial charge is 0.465 e. The van der Waals surface area contributed by atoms with E-state index in [0.29, 0.717) is 11.3 Å². The van der Waals surface area contributed by atoms with Gasteiger partial charge in [-0.1, -0.05) is 24.3 Å². The summed E-state index contributed by atoms with van der Waals surface area (Å²) in [6, 6.07) is 14.2. The van der Waals surface area contributed by atoms with Crippen molar-refractivity contribution in [2.24, 2.45) is 0 Å². The lowest BCUT2D eigenvalue weighted by atomic mass is 10.1. The number of nitrogens with one attached hydrogen (secondary N) is 1. The van der Waals surface area contributed by atoms with Crippen molar-refractivity contribution in [2.45, 2.75) is 25.8 Å². The number of ether oxygens (including phenoxy) is 1. The molecule has 2 amide bonds. The Balaban J connectivity index is 1.67. The lowest BCUT2D eigenvalue weighted by Gasteiger charge is -2.22. The number of hydrogen-bond acceptors (Lipinski definition) is 4. The highest BCUT2D eigenvalue weighted by Gasteiger charge is 2.31. The van der Waals surface area contributed by atoms with Crippen LogP contribution in [0.4, 0.5) is 11.4 Å². The summed E-state index contributed by atoms with van der Waals surface area (Å²) in [5.74, 6) is -1.16. The van der Waals surface area contributed by atoms with Gasteiger partial charge in [0.2, 0.25) is 11.8 Å². The summed E-state index contributed by atoms with van der Waals surface area (Å²) < 4.78 is 4.66. The summed E-state index contributed by atoms with van der Waals surface area (Å²) in [5, 5.41) is 2.66. The number of hydrogen-bond donors (Lipinski definition) is 1. The topological polar surface area (TPSA) is 75.7 Å². The third-order valence-electron chi connectivity index (χ3n) is 4.36. The number of nitrogens with zero attached hydrogens (tertiary/aromatic N) is 1. The quantitative estimate of drug-likeness (QED) is 0.678. The molecule has 1 unspecified atom stereocenters. The van der Waals surface area contributed by atoms with Crippen molar-refractivity contribution in [2.75, 3.05) is 17.3 Å². The van der Waals surface area contributed by atoms with Crippen LogP contribution in [0.5, 0.6) is 0 Å². The molecule has 0 aliphatic carbocycles. The molecule has 1 atom stereocenters. The van der Waals surface area contributed by atoms with E-state index in [-0.39, 0.29) is 18.4 Å². The smallest absolute Gasteiger partial charge is 0.337 e. The van der Waals surface area contributed by atoms with Gasteiger partial charge in [0.15, 0.2) is 0 Å². The average Bonchev–Trinajstić information content (AvgIpc) is 2.96. The molecule has 6 nitrogen and oxygen atoms in total. The molecule has 6 heteroatoms. The third kappa shape index (κ3) is 3.59. The van der Waals surface area contributed by atoms with Gasteiger partial charge in [-0.3, -0.25) is 9.59 Å². The van der Waals surface area contributed by atoms with Gasteiger partial charge in [0.05, 0.1) is 12.7 Å². The third-order valence-corrected chi connectivity index (χ3v) is 4.36. The van der Waals surface area contributed by atoms with E-state index in [9.17, 15) is 14.4 Å². The van der Waals surface area contributed by atoms with Crippen molar-refractivity contribution >= 4 is 29.2 Å². The van der Waals surface area contributed by atoms with Crippen LogP contribution in [0.25, 0.3) is 0 Å². The Morgan fingerprint density at radius 2 is 1.92 bits per heavy atom. The van der Waals surface area contributed by atoms with Gasteiger partial charge in [0, 0.05) is 17.4 Å². The fraction of sp³-hybridized carbons (Fsp3) is 0.250. The standard InChI is InChI=1S/C20H20N2O4/c1-13-10-14-6-3-4-9-17(14)22(13)19(24)12-18(23)21-16-8-5-7-15(11-16)20(25)26-2/h3-9,11,13H,10,12H2,1-2H3,(H,21,23). The Morgan fingerprint density at radius 1 is 1.15 bits per heavy atom. The van der Waals surface area contributed by atoms with Gasteiger partial charge >= 0.3 is 5.97 Å². The van der Waals surface area contributed by atoms with Crippen LogP contribution in [-0.2, 0) is 20.7 Å². The van der Waals surface area contributed by atoms with Crippen LogP contribution in [0.1, 0.15) is 29.3 Å².